The van der Waals surface area contributed by atoms with Gasteiger partial charge in [0.15, 0.2) is 0 Å². The number of carboxylic acid groups (broad SMARTS) is 1. The Bertz CT molecular complexity index is 542. The van der Waals surface area contributed by atoms with E-state index < -0.39 is 17.9 Å². The number of ether oxygens (including phenoxy) is 1. The standard InChI is InChI=1S/C13H14BrNO4S/c1-15(10-7-19-6-9(10)13(17)18)12(16)5-3-8-2-4-11(14)20-8/h2-5,9-10H,6-7H2,1H3,(H,17,18). The number of carbonyl (C=O) groups is 2. The van der Waals surface area contributed by atoms with Gasteiger partial charge >= 0.3 is 5.97 Å². The summed E-state index contributed by atoms with van der Waals surface area (Å²) in [7, 11) is 1.60. The quantitative estimate of drug-likeness (QED) is 0.835. The van der Waals surface area contributed by atoms with Gasteiger partial charge in [-0.25, -0.2) is 0 Å². The molecule has 1 N–H and O–H groups in total. The summed E-state index contributed by atoms with van der Waals surface area (Å²) in [6.07, 6.45) is 3.18. The van der Waals surface area contributed by atoms with Gasteiger partial charge in [0.25, 0.3) is 0 Å². The average Bonchev–Trinajstić information content (AvgIpc) is 3.03. The highest BCUT2D eigenvalue weighted by molar-refractivity contribution is 9.11. The van der Waals surface area contributed by atoms with Gasteiger partial charge in [0.05, 0.1) is 23.0 Å². The molecule has 1 aromatic heterocycles. The van der Waals surface area contributed by atoms with Crippen molar-refractivity contribution in [3.05, 3.63) is 26.9 Å². The molecule has 1 saturated heterocycles. The molecule has 2 heterocycles. The van der Waals surface area contributed by atoms with E-state index in [-0.39, 0.29) is 19.1 Å². The number of nitrogens with zero attached hydrogens (tertiary/aromatic N) is 1. The lowest BCUT2D eigenvalue weighted by molar-refractivity contribution is -0.143. The number of rotatable bonds is 4. The molecule has 1 amide bonds. The number of thiophene rings is 1. The average molecular weight is 360 g/mol. The molecule has 0 aromatic carbocycles. The molecule has 1 aromatic rings. The van der Waals surface area contributed by atoms with Crippen LogP contribution in [0.15, 0.2) is 22.0 Å². The van der Waals surface area contributed by atoms with E-state index in [1.54, 1.807) is 13.1 Å². The van der Waals surface area contributed by atoms with Crippen LogP contribution in [-0.4, -0.2) is 48.2 Å². The third-order valence-electron chi connectivity index (χ3n) is 3.20. The van der Waals surface area contributed by atoms with E-state index in [1.807, 2.05) is 12.1 Å². The van der Waals surface area contributed by atoms with Crippen LogP contribution in [0, 0.1) is 5.92 Å². The summed E-state index contributed by atoms with van der Waals surface area (Å²) < 4.78 is 6.16. The Morgan fingerprint density at radius 3 is 2.85 bits per heavy atom. The van der Waals surface area contributed by atoms with Crippen molar-refractivity contribution in [2.24, 2.45) is 5.92 Å². The summed E-state index contributed by atoms with van der Waals surface area (Å²) in [4.78, 5) is 25.5. The van der Waals surface area contributed by atoms with Crippen LogP contribution in [-0.2, 0) is 14.3 Å². The molecular weight excluding hydrogens is 346 g/mol. The van der Waals surface area contributed by atoms with Crippen molar-refractivity contribution >= 4 is 45.2 Å². The molecule has 5 nitrogen and oxygen atoms in total. The number of carbonyl (C=O) groups excluding carboxylic acids is 1. The second-order valence-electron chi connectivity index (χ2n) is 4.47. The highest BCUT2D eigenvalue weighted by Crippen LogP contribution is 2.23. The number of hydrogen-bond donors (Lipinski definition) is 1. The van der Waals surface area contributed by atoms with Gasteiger partial charge in [0.2, 0.25) is 5.91 Å². The zero-order valence-corrected chi connectivity index (χ0v) is 13.2. The molecule has 2 unspecified atom stereocenters. The Morgan fingerprint density at radius 1 is 1.50 bits per heavy atom. The van der Waals surface area contributed by atoms with E-state index in [2.05, 4.69) is 15.9 Å². The fourth-order valence-electron chi connectivity index (χ4n) is 2.01. The minimum atomic E-state index is -0.932. The first-order valence-corrected chi connectivity index (χ1v) is 7.60. The van der Waals surface area contributed by atoms with Crippen molar-refractivity contribution in [3.8, 4) is 0 Å². The number of carboxylic acids is 1. The lowest BCUT2D eigenvalue weighted by Gasteiger charge is -2.25. The van der Waals surface area contributed by atoms with Crippen molar-refractivity contribution in [1.29, 1.82) is 0 Å². The monoisotopic (exact) mass is 359 g/mol. The predicted octanol–water partition coefficient (Wildman–Crippen LogP) is 2.08. The van der Waals surface area contributed by atoms with Crippen LogP contribution in [0.5, 0.6) is 0 Å². The van der Waals surface area contributed by atoms with Crippen LogP contribution in [0.1, 0.15) is 4.88 Å². The topological polar surface area (TPSA) is 66.8 Å². The van der Waals surface area contributed by atoms with Crippen molar-refractivity contribution in [3.63, 3.8) is 0 Å². The lowest BCUT2D eigenvalue weighted by atomic mass is 10.0. The van der Waals surface area contributed by atoms with Gasteiger partial charge < -0.3 is 14.7 Å². The van der Waals surface area contributed by atoms with Gasteiger partial charge in [-0.2, -0.15) is 0 Å². The SMILES string of the molecule is CN(C(=O)C=Cc1ccc(Br)s1)C1COCC1C(=O)O. The summed E-state index contributed by atoms with van der Waals surface area (Å²) >= 11 is 4.87. The van der Waals surface area contributed by atoms with Crippen LogP contribution in [0.4, 0.5) is 0 Å². The fourth-order valence-corrected chi connectivity index (χ4v) is 3.34. The first kappa shape index (κ1) is 15.2. The van der Waals surface area contributed by atoms with Crippen molar-refractivity contribution in [2.75, 3.05) is 20.3 Å². The molecule has 2 atom stereocenters. The maximum absolute atomic E-state index is 12.1. The summed E-state index contributed by atoms with van der Waals surface area (Å²) in [6, 6.07) is 3.39. The predicted molar refractivity (Wildman–Crippen MR) is 79.6 cm³/mol. The van der Waals surface area contributed by atoms with Gasteiger partial charge in [-0.05, 0) is 34.1 Å². The second kappa shape index (κ2) is 6.51. The van der Waals surface area contributed by atoms with Crippen LogP contribution in [0.25, 0.3) is 6.08 Å². The highest BCUT2D eigenvalue weighted by Gasteiger charge is 2.37. The first-order valence-electron chi connectivity index (χ1n) is 6.00. The Labute approximate surface area is 129 Å². The van der Waals surface area contributed by atoms with Crippen molar-refractivity contribution in [1.82, 2.24) is 4.90 Å². The van der Waals surface area contributed by atoms with Gasteiger partial charge in [0.1, 0.15) is 5.92 Å². The van der Waals surface area contributed by atoms with Gasteiger partial charge in [0, 0.05) is 18.0 Å². The van der Waals surface area contributed by atoms with Crippen LogP contribution in [0.2, 0.25) is 0 Å². The Morgan fingerprint density at radius 2 is 2.25 bits per heavy atom. The molecule has 7 heteroatoms. The Balaban J connectivity index is 2.01. The summed E-state index contributed by atoms with van der Waals surface area (Å²) in [5.41, 5.74) is 0. The maximum Gasteiger partial charge on any atom is 0.311 e. The van der Waals surface area contributed by atoms with E-state index in [9.17, 15) is 9.59 Å². The molecule has 108 valence electrons. The smallest absolute Gasteiger partial charge is 0.311 e. The fraction of sp³-hybridized carbons (Fsp3) is 0.385. The Kier molecular flexibility index (Phi) is 4.95. The zero-order chi connectivity index (χ0) is 14.7. The summed E-state index contributed by atoms with van der Waals surface area (Å²) in [5, 5.41) is 9.09. The number of likely N-dealkylation sites (N-methyl/N-ethyl adjacent to an activating group) is 1. The van der Waals surface area contributed by atoms with Crippen molar-refractivity contribution in [2.45, 2.75) is 6.04 Å². The third-order valence-corrected chi connectivity index (χ3v) is 4.79. The van der Waals surface area contributed by atoms with E-state index in [0.717, 1.165) is 8.66 Å². The maximum atomic E-state index is 12.1. The number of amides is 1. The number of hydrogen-bond acceptors (Lipinski definition) is 4. The molecule has 1 aliphatic rings. The largest absolute Gasteiger partial charge is 0.481 e. The minimum absolute atomic E-state index is 0.152. The lowest BCUT2D eigenvalue weighted by Crippen LogP contribution is -2.43. The first-order chi connectivity index (χ1) is 9.49. The van der Waals surface area contributed by atoms with Crippen LogP contribution >= 0.6 is 27.3 Å². The molecule has 20 heavy (non-hydrogen) atoms. The van der Waals surface area contributed by atoms with Crippen LogP contribution < -0.4 is 0 Å². The van der Waals surface area contributed by atoms with Crippen molar-refractivity contribution < 1.29 is 19.4 Å². The second-order valence-corrected chi connectivity index (χ2v) is 6.97. The molecule has 2 rings (SSSR count). The minimum Gasteiger partial charge on any atom is -0.481 e. The Hall–Kier alpha value is -1.18. The highest BCUT2D eigenvalue weighted by atomic mass is 79.9. The van der Waals surface area contributed by atoms with E-state index in [4.69, 9.17) is 9.84 Å². The molecule has 0 saturated carbocycles. The molecule has 0 bridgehead atoms. The number of halogens is 1. The molecule has 0 spiro atoms. The molecule has 1 aliphatic heterocycles. The third kappa shape index (κ3) is 3.47. The van der Waals surface area contributed by atoms with Gasteiger partial charge in [-0.3, -0.25) is 9.59 Å². The molecular formula is C13H14BrNO4S. The molecule has 0 radical (unpaired) electrons. The van der Waals surface area contributed by atoms with E-state index >= 15 is 0 Å². The van der Waals surface area contributed by atoms with Gasteiger partial charge in [-0.15, -0.1) is 11.3 Å². The molecule has 1 fully saturated rings. The summed E-state index contributed by atoms with van der Waals surface area (Å²) in [6.45, 7) is 0.413. The zero-order valence-electron chi connectivity index (χ0n) is 10.8. The summed E-state index contributed by atoms with van der Waals surface area (Å²) in [5.74, 6) is -1.82. The van der Waals surface area contributed by atoms with Crippen LogP contribution in [0.3, 0.4) is 0 Å². The van der Waals surface area contributed by atoms with Gasteiger partial charge in [-0.1, -0.05) is 0 Å². The molecule has 0 aliphatic carbocycles. The number of aliphatic carboxylic acids is 1. The van der Waals surface area contributed by atoms with E-state index in [1.165, 1.54) is 22.3 Å². The normalized spacial score (nSPS) is 22.3. The van der Waals surface area contributed by atoms with E-state index in [0.29, 0.717) is 0 Å².